The minimum atomic E-state index is -0.919. The van der Waals surface area contributed by atoms with E-state index in [-0.39, 0.29) is 36.3 Å². The van der Waals surface area contributed by atoms with E-state index in [0.717, 1.165) is 37.8 Å². The molecule has 1 heterocycles. The summed E-state index contributed by atoms with van der Waals surface area (Å²) in [4.78, 5) is 38.2. The SMILES string of the molecule is O=C(NCCCC(=O)N1CCCC(C(=O)NC2CC2)C1)c1ccc(F)cc1F. The summed E-state index contributed by atoms with van der Waals surface area (Å²) in [5.74, 6) is -2.47. The molecule has 28 heavy (non-hydrogen) atoms. The van der Waals surface area contributed by atoms with Gasteiger partial charge in [-0.1, -0.05) is 0 Å². The van der Waals surface area contributed by atoms with Gasteiger partial charge in [-0.2, -0.15) is 0 Å². The number of amides is 3. The molecule has 3 amide bonds. The molecule has 8 heteroatoms. The molecule has 2 N–H and O–H groups in total. The molecule has 1 aliphatic heterocycles. The molecule has 0 aromatic heterocycles. The van der Waals surface area contributed by atoms with Crippen molar-refractivity contribution in [2.24, 2.45) is 5.92 Å². The maximum atomic E-state index is 13.6. The number of benzene rings is 1. The first-order valence-electron chi connectivity index (χ1n) is 9.75. The summed E-state index contributed by atoms with van der Waals surface area (Å²) in [6.45, 7) is 1.28. The number of piperidine rings is 1. The average Bonchev–Trinajstić information content (AvgIpc) is 3.49. The van der Waals surface area contributed by atoms with Crippen molar-refractivity contribution < 1.29 is 23.2 Å². The Morgan fingerprint density at radius 3 is 2.64 bits per heavy atom. The van der Waals surface area contributed by atoms with Crippen LogP contribution < -0.4 is 10.6 Å². The third-order valence-corrected chi connectivity index (χ3v) is 5.10. The van der Waals surface area contributed by atoms with E-state index >= 15 is 0 Å². The minimum absolute atomic E-state index is 0.0357. The van der Waals surface area contributed by atoms with E-state index in [4.69, 9.17) is 0 Å². The molecule has 2 fully saturated rings. The van der Waals surface area contributed by atoms with Gasteiger partial charge in [-0.25, -0.2) is 8.78 Å². The van der Waals surface area contributed by atoms with Crippen LogP contribution in [0.25, 0.3) is 0 Å². The Morgan fingerprint density at radius 2 is 1.93 bits per heavy atom. The highest BCUT2D eigenvalue weighted by atomic mass is 19.1. The second kappa shape index (κ2) is 9.12. The smallest absolute Gasteiger partial charge is 0.254 e. The number of halogens is 2. The highest BCUT2D eigenvalue weighted by Crippen LogP contribution is 2.22. The summed E-state index contributed by atoms with van der Waals surface area (Å²) >= 11 is 0. The first kappa shape index (κ1) is 20.2. The maximum absolute atomic E-state index is 13.6. The number of carbonyl (C=O) groups is 3. The molecule has 1 saturated carbocycles. The highest BCUT2D eigenvalue weighted by Gasteiger charge is 2.31. The molecule has 0 spiro atoms. The fourth-order valence-electron chi connectivity index (χ4n) is 3.33. The maximum Gasteiger partial charge on any atom is 0.254 e. The zero-order chi connectivity index (χ0) is 20.1. The number of likely N-dealkylation sites (tertiary alicyclic amines) is 1. The van der Waals surface area contributed by atoms with Crippen molar-refractivity contribution in [3.05, 3.63) is 35.4 Å². The standard InChI is InChI=1S/C20H25F2N3O3/c21-14-5-8-16(17(22)11-14)20(28)23-9-1-4-18(26)25-10-2-3-13(12-25)19(27)24-15-6-7-15/h5,8,11,13,15H,1-4,6-7,9-10,12H2,(H,23,28)(H,24,27). The number of nitrogens with zero attached hydrogens (tertiary/aromatic N) is 1. The van der Waals surface area contributed by atoms with E-state index in [1.807, 2.05) is 0 Å². The van der Waals surface area contributed by atoms with Gasteiger partial charge < -0.3 is 15.5 Å². The lowest BCUT2D eigenvalue weighted by molar-refractivity contribution is -0.135. The second-order valence-electron chi connectivity index (χ2n) is 7.45. The molecule has 1 unspecified atom stereocenters. The predicted molar refractivity (Wildman–Crippen MR) is 98.4 cm³/mol. The van der Waals surface area contributed by atoms with Gasteiger partial charge in [0.25, 0.3) is 5.91 Å². The van der Waals surface area contributed by atoms with Crippen LogP contribution in [0.5, 0.6) is 0 Å². The van der Waals surface area contributed by atoms with Gasteiger partial charge in [-0.3, -0.25) is 14.4 Å². The van der Waals surface area contributed by atoms with Gasteiger partial charge in [0, 0.05) is 38.2 Å². The summed E-state index contributed by atoms with van der Waals surface area (Å²) in [6.07, 6.45) is 4.31. The van der Waals surface area contributed by atoms with Gasteiger partial charge in [0.2, 0.25) is 11.8 Å². The molecule has 152 valence electrons. The van der Waals surface area contributed by atoms with Crippen LogP contribution in [0.1, 0.15) is 48.9 Å². The van der Waals surface area contributed by atoms with E-state index in [0.29, 0.717) is 31.6 Å². The van der Waals surface area contributed by atoms with Gasteiger partial charge >= 0.3 is 0 Å². The molecule has 1 aromatic carbocycles. The van der Waals surface area contributed by atoms with E-state index in [9.17, 15) is 23.2 Å². The lowest BCUT2D eigenvalue weighted by Gasteiger charge is -2.32. The fraction of sp³-hybridized carbons (Fsp3) is 0.550. The van der Waals surface area contributed by atoms with Crippen molar-refractivity contribution in [2.75, 3.05) is 19.6 Å². The number of hydrogen-bond acceptors (Lipinski definition) is 3. The van der Waals surface area contributed by atoms with Crippen molar-refractivity contribution in [2.45, 2.75) is 44.6 Å². The first-order valence-corrected chi connectivity index (χ1v) is 9.75. The highest BCUT2D eigenvalue weighted by molar-refractivity contribution is 5.94. The zero-order valence-corrected chi connectivity index (χ0v) is 15.7. The third kappa shape index (κ3) is 5.50. The van der Waals surface area contributed by atoms with E-state index < -0.39 is 17.5 Å². The van der Waals surface area contributed by atoms with E-state index in [1.165, 1.54) is 0 Å². The zero-order valence-electron chi connectivity index (χ0n) is 15.7. The average molecular weight is 393 g/mol. The Morgan fingerprint density at radius 1 is 1.14 bits per heavy atom. The van der Waals surface area contributed by atoms with Crippen LogP contribution >= 0.6 is 0 Å². The Hall–Kier alpha value is -2.51. The Labute approximate surface area is 162 Å². The number of nitrogens with one attached hydrogen (secondary N) is 2. The van der Waals surface area contributed by atoms with Gasteiger partial charge in [0.1, 0.15) is 11.6 Å². The Bertz CT molecular complexity index is 752. The number of carbonyl (C=O) groups excluding carboxylic acids is 3. The molecule has 1 aliphatic carbocycles. The predicted octanol–water partition coefficient (Wildman–Crippen LogP) is 1.99. The first-order chi connectivity index (χ1) is 13.4. The molecule has 1 atom stereocenters. The molecule has 1 saturated heterocycles. The molecular formula is C20H25F2N3O3. The topological polar surface area (TPSA) is 78.5 Å². The van der Waals surface area contributed by atoms with Crippen molar-refractivity contribution in [3.8, 4) is 0 Å². The van der Waals surface area contributed by atoms with Crippen molar-refractivity contribution >= 4 is 17.7 Å². The quantitative estimate of drug-likeness (QED) is 0.696. The van der Waals surface area contributed by atoms with Crippen LogP contribution in [0.2, 0.25) is 0 Å². The lowest BCUT2D eigenvalue weighted by atomic mass is 9.96. The van der Waals surface area contributed by atoms with Crippen LogP contribution in [-0.2, 0) is 9.59 Å². The van der Waals surface area contributed by atoms with E-state index in [1.54, 1.807) is 4.90 Å². The normalized spacial score (nSPS) is 19.2. The van der Waals surface area contributed by atoms with Gasteiger partial charge in [-0.15, -0.1) is 0 Å². The fourth-order valence-corrected chi connectivity index (χ4v) is 3.33. The van der Waals surface area contributed by atoms with Crippen molar-refractivity contribution in [1.82, 2.24) is 15.5 Å². The number of rotatable bonds is 7. The second-order valence-corrected chi connectivity index (χ2v) is 7.45. The van der Waals surface area contributed by atoms with Crippen LogP contribution in [0.4, 0.5) is 8.78 Å². The molecule has 2 aliphatic rings. The summed E-state index contributed by atoms with van der Waals surface area (Å²) in [5, 5.41) is 5.53. The third-order valence-electron chi connectivity index (χ3n) is 5.10. The van der Waals surface area contributed by atoms with Crippen LogP contribution in [0.3, 0.4) is 0 Å². The van der Waals surface area contributed by atoms with Crippen LogP contribution in [0, 0.1) is 17.6 Å². The van der Waals surface area contributed by atoms with Gasteiger partial charge in [0.15, 0.2) is 0 Å². The Balaban J connectivity index is 1.38. The molecule has 0 bridgehead atoms. The summed E-state index contributed by atoms with van der Waals surface area (Å²) in [5.41, 5.74) is -0.228. The van der Waals surface area contributed by atoms with Gasteiger partial charge in [-0.05, 0) is 44.2 Å². The van der Waals surface area contributed by atoms with Crippen LogP contribution in [-0.4, -0.2) is 48.3 Å². The Kier molecular flexibility index (Phi) is 6.59. The van der Waals surface area contributed by atoms with Crippen molar-refractivity contribution in [1.29, 1.82) is 0 Å². The minimum Gasteiger partial charge on any atom is -0.353 e. The molecule has 1 aromatic rings. The lowest BCUT2D eigenvalue weighted by Crippen LogP contribution is -2.46. The van der Waals surface area contributed by atoms with Crippen molar-refractivity contribution in [3.63, 3.8) is 0 Å². The summed E-state index contributed by atoms with van der Waals surface area (Å²) < 4.78 is 26.5. The number of hydrogen-bond donors (Lipinski definition) is 2. The summed E-state index contributed by atoms with van der Waals surface area (Å²) in [7, 11) is 0. The van der Waals surface area contributed by atoms with Gasteiger partial charge in [0.05, 0.1) is 11.5 Å². The molecular weight excluding hydrogens is 368 g/mol. The molecule has 0 radical (unpaired) electrons. The largest absolute Gasteiger partial charge is 0.353 e. The molecule has 6 nitrogen and oxygen atoms in total. The molecule has 3 rings (SSSR count). The monoisotopic (exact) mass is 393 g/mol. The summed E-state index contributed by atoms with van der Waals surface area (Å²) in [6, 6.07) is 3.08. The van der Waals surface area contributed by atoms with Crippen LogP contribution in [0.15, 0.2) is 18.2 Å². The van der Waals surface area contributed by atoms with E-state index in [2.05, 4.69) is 10.6 Å².